The van der Waals surface area contributed by atoms with E-state index in [9.17, 15) is 74.8 Å². The number of amides is 1. The Bertz CT molecular complexity index is 6400. The molecule has 1 amide bonds. The molecule has 13 aromatic rings. The van der Waals surface area contributed by atoms with E-state index in [1.165, 1.54) is 117 Å². The summed E-state index contributed by atoms with van der Waals surface area (Å²) in [5.41, 5.74) is 13.0. The number of aldehydes is 2. The third-order valence-electron chi connectivity index (χ3n) is 22.2. The number of rotatable bonds is 25. The number of aliphatic hydroxyl groups is 5. The maximum atomic E-state index is 14.8. The van der Waals surface area contributed by atoms with E-state index in [0.717, 1.165) is 117 Å². The zero-order valence-corrected chi connectivity index (χ0v) is 88.4. The fourth-order valence-electron chi connectivity index (χ4n) is 13.3. The third-order valence-corrected chi connectivity index (χ3v) is 25.1. The van der Waals surface area contributed by atoms with Gasteiger partial charge in [0, 0.05) is 103 Å². The Hall–Kier alpha value is -11.1. The number of allylic oxidation sites excluding steroid dienone is 2. The Kier molecular flexibility index (Phi) is 49.5. The fourth-order valence-corrected chi connectivity index (χ4v) is 15.5. The van der Waals surface area contributed by atoms with Crippen LogP contribution in [0.1, 0.15) is 275 Å². The van der Waals surface area contributed by atoms with Crippen LogP contribution in [-0.2, 0) is 66.3 Å². The van der Waals surface area contributed by atoms with Crippen molar-refractivity contribution in [3.8, 4) is 28.6 Å². The number of aromatic nitrogens is 13. The molecule has 17 rings (SSSR count). The summed E-state index contributed by atoms with van der Waals surface area (Å²) in [7, 11) is 3.56. The second kappa shape index (κ2) is 58.7. The van der Waals surface area contributed by atoms with Gasteiger partial charge < -0.3 is 65.2 Å². The molecular formula is C102H112BBr4F7N14NaO14. The van der Waals surface area contributed by atoms with E-state index in [1.807, 2.05) is 68.5 Å². The molecule has 41 heteroatoms. The number of halogens is 11. The molecule has 6 heterocycles. The van der Waals surface area contributed by atoms with E-state index in [1.54, 1.807) is 73.2 Å². The molecule has 0 spiro atoms. The Labute approximate surface area is 883 Å². The Morgan fingerprint density at radius 1 is 0.503 bits per heavy atom. The molecule has 6 aromatic heterocycles. The first-order valence-corrected chi connectivity index (χ1v) is 47.7. The number of anilines is 1. The van der Waals surface area contributed by atoms with E-state index >= 15 is 0 Å². The number of pyridine rings is 1. The summed E-state index contributed by atoms with van der Waals surface area (Å²) in [6, 6.07) is 23.7. The topological polar surface area (TPSA) is 382 Å². The molecule has 7 aromatic carbocycles. The molecule has 4 aliphatic rings. The van der Waals surface area contributed by atoms with Crippen LogP contribution in [0.2, 0.25) is 0 Å². The molecule has 3 radical (unpaired) electrons. The number of hydrogen-bond acceptors (Lipinski definition) is 22. The standard InChI is InChI=1S/C23H23FN8O3.C15H17FN2O.C15H15FN2O.C10H10BrFO2.C9H8BrFO3.C9H6BrFO3.C9H10BrFO.C6H8N2.C5H10.CH4.B.Na.H/c1-13(10-33)32-22(28-29-30-32)18-3-2-4-21(26-18)27-23(35)16-8-20(15(11-34)7-17(16)24)31-9-19(25-12-31)14-5-6-14;2*1-2-10-5-13(16)12(8-19)6-15(10)18-7-14(17-9-18)11-3-4-11;1-3-6-4-9(12)7(5-8(6)11)10(13)14-2;2*1-14-9(13)6-3-7(10)5(4-12)2-8(6)11;1-2-6-4-9(11)7(5-12)3-8(6)10;1-2-5(1)6-3-7-4-8-6;1-4-5(2)3;;;;/h2-4,7-9,12-14,33-34H,5-6,10-11H2,1H3,(H,26,27,35);5-7,9,11,19H,2-4,8H2,1H3;5-9,11H,2-4H2,1H3;4-5H,3H2,1-2H3;2-3,12H,4H2,1H3;2-4H,1H3;3-4,12H,2,5H2,1H3;3-5H,1-2H2,(H,7,8);4H,1-3H3;1H4;;;/q;;;;;;;;;;;+1;-1/t13-;;;;;;;;;;;;/m1............/s1. The third kappa shape index (κ3) is 34.0. The van der Waals surface area contributed by atoms with Crippen LogP contribution < -0.4 is 34.9 Å². The molecule has 7 N–H and O–H groups in total. The summed E-state index contributed by atoms with van der Waals surface area (Å²) in [6.07, 6.45) is 30.4. The number of nitrogens with zero attached hydrogens (tertiary/aromatic N) is 12. The van der Waals surface area contributed by atoms with Crippen molar-refractivity contribution in [1.82, 2.24) is 63.8 Å². The van der Waals surface area contributed by atoms with Crippen molar-refractivity contribution in [3.63, 3.8) is 0 Å². The number of carbonyl (C=O) groups is 6. The van der Waals surface area contributed by atoms with Crippen molar-refractivity contribution < 1.29 is 130 Å². The van der Waals surface area contributed by atoms with Crippen LogP contribution in [0.5, 0.6) is 0 Å². The molecule has 4 aliphatic carbocycles. The van der Waals surface area contributed by atoms with Crippen molar-refractivity contribution >= 4 is 114 Å². The van der Waals surface area contributed by atoms with Gasteiger partial charge in [-0.3, -0.25) is 14.4 Å². The number of aliphatic hydroxyl groups excluding tert-OH is 5. The minimum Gasteiger partial charge on any atom is -1.00 e. The van der Waals surface area contributed by atoms with Gasteiger partial charge in [-0.1, -0.05) is 117 Å². The van der Waals surface area contributed by atoms with E-state index in [0.29, 0.717) is 91.6 Å². The number of imidazole rings is 4. The number of H-pyrrole nitrogens is 1. The van der Waals surface area contributed by atoms with Gasteiger partial charge in [-0.25, -0.2) is 74.7 Å². The number of nitrogens with one attached hydrogen (secondary N) is 2. The van der Waals surface area contributed by atoms with E-state index < -0.39 is 59.5 Å². The van der Waals surface area contributed by atoms with Crippen LogP contribution in [-0.4, -0.2) is 162 Å². The van der Waals surface area contributed by atoms with E-state index in [-0.39, 0.29) is 130 Å². The average molecular weight is 2240 g/mol. The number of carbonyl (C=O) groups excluding carboxylic acids is 6. The maximum absolute atomic E-state index is 14.8. The van der Waals surface area contributed by atoms with Crippen molar-refractivity contribution in [1.29, 1.82) is 0 Å². The normalized spacial score (nSPS) is 12.5. The maximum Gasteiger partial charge on any atom is 1.00 e. The van der Waals surface area contributed by atoms with Crippen molar-refractivity contribution in [2.45, 2.75) is 196 Å². The summed E-state index contributed by atoms with van der Waals surface area (Å²) in [4.78, 5) is 92.0. The molecule has 28 nitrogen and oxygen atoms in total. The van der Waals surface area contributed by atoms with Gasteiger partial charge in [-0.15, -0.1) is 5.10 Å². The molecule has 4 fully saturated rings. The minimum atomic E-state index is -0.777. The molecule has 755 valence electrons. The van der Waals surface area contributed by atoms with Crippen molar-refractivity contribution in [2.24, 2.45) is 0 Å². The van der Waals surface area contributed by atoms with Crippen LogP contribution in [0.15, 0.2) is 183 Å². The van der Waals surface area contributed by atoms with Gasteiger partial charge in [0.1, 0.15) is 52.2 Å². The second-order valence-corrected chi connectivity index (χ2v) is 35.9. The largest absolute Gasteiger partial charge is 1.00 e. The number of hydrogen-bond donors (Lipinski definition) is 7. The van der Waals surface area contributed by atoms with Gasteiger partial charge in [0.25, 0.3) is 5.91 Å². The molecule has 0 bridgehead atoms. The Morgan fingerprint density at radius 2 is 0.895 bits per heavy atom. The fraction of sp³-hybridized carbons (Fsp3) is 0.333. The number of aryl methyl sites for hydroxylation is 4. The molecule has 1 atom stereocenters. The number of aromatic amines is 1. The number of tetrazole rings is 1. The Balaban J connectivity index is 0.000000297. The number of methoxy groups -OCH3 is 3. The van der Waals surface area contributed by atoms with Gasteiger partial charge >= 0.3 is 47.5 Å². The number of ether oxygens (including phenoxy) is 3. The average Bonchev–Trinajstić information content (AvgIpc) is 1.62. The van der Waals surface area contributed by atoms with E-state index in [2.05, 4.69) is 149 Å². The zero-order chi connectivity index (χ0) is 102. The first-order chi connectivity index (χ1) is 67.1. The molecule has 143 heavy (non-hydrogen) atoms. The number of benzene rings is 7. The minimum absolute atomic E-state index is 0. The quantitative estimate of drug-likeness (QED) is 0.00698. The first-order valence-electron chi connectivity index (χ1n) is 44.5. The second-order valence-electron chi connectivity index (χ2n) is 32.5. The van der Waals surface area contributed by atoms with Crippen LogP contribution in [0, 0.1) is 40.7 Å². The summed E-state index contributed by atoms with van der Waals surface area (Å²) in [6.45, 7) is 14.4. The van der Waals surface area contributed by atoms with Crippen molar-refractivity contribution in [3.05, 3.63) is 324 Å². The van der Waals surface area contributed by atoms with Gasteiger partial charge in [0.15, 0.2) is 12.6 Å². The summed E-state index contributed by atoms with van der Waals surface area (Å²) >= 11 is 12.7. The van der Waals surface area contributed by atoms with Gasteiger partial charge in [0.05, 0.1) is 148 Å². The van der Waals surface area contributed by atoms with Crippen LogP contribution in [0.4, 0.5) is 36.6 Å². The summed E-state index contributed by atoms with van der Waals surface area (Å²) < 4.78 is 117. The predicted molar refractivity (Wildman–Crippen MR) is 539 cm³/mol. The number of esters is 3. The van der Waals surface area contributed by atoms with Gasteiger partial charge in [-0.2, -0.15) is 0 Å². The van der Waals surface area contributed by atoms with E-state index in [4.69, 9.17) is 10.2 Å². The molecule has 0 unspecified atom stereocenters. The molecule has 0 aliphatic heterocycles. The predicted octanol–water partition coefficient (Wildman–Crippen LogP) is 18.7. The van der Waals surface area contributed by atoms with Crippen molar-refractivity contribution in [2.75, 3.05) is 33.3 Å². The first kappa shape index (κ1) is 121. The SMILES string of the molecule is C.CC=C(C)C.CCc1cc(F)c(C(=O)OC)cc1Br.CCc1cc(F)c(C=O)cc1-n1cnc(C2CC2)c1.CCc1cc(F)c(CO)cc1-n1cnc(C2CC2)c1.CCc1cc(F)c(CO)cc1Br.COC(=O)c1cc(Br)c(C=O)cc1F.COC(=O)c1cc(Br)c(CO)cc1F.C[C@H](CO)n1nnnc1-c1cccc(NC(=O)c2cc(-n3cnc(C4CC4)c3)c(CO)cc2F)n1.[B].[H-].[Na+].c1ncc(C2CC2)[nH]1. The van der Waals surface area contributed by atoms with Crippen LogP contribution in [0.3, 0.4) is 0 Å². The zero-order valence-electron chi connectivity index (χ0n) is 81.1. The summed E-state index contributed by atoms with van der Waals surface area (Å²) in [5, 5.41) is 60.0. The van der Waals surface area contributed by atoms with Crippen LogP contribution >= 0.6 is 63.7 Å². The van der Waals surface area contributed by atoms with Crippen LogP contribution in [0.25, 0.3) is 28.6 Å². The Morgan fingerprint density at radius 3 is 1.31 bits per heavy atom. The molecular weight excluding hydrogens is 2130 g/mol. The van der Waals surface area contributed by atoms with Gasteiger partial charge in [0.2, 0.25) is 5.82 Å². The van der Waals surface area contributed by atoms with Gasteiger partial charge in [-0.05, 0) is 240 Å². The monoisotopic (exact) mass is 2240 g/mol. The summed E-state index contributed by atoms with van der Waals surface area (Å²) in [5.74, 6) is -3.91. The molecule has 0 saturated heterocycles. The smallest absolute Gasteiger partial charge is 1.00 e. The molecule has 4 saturated carbocycles.